The molecule has 4 rings (SSSR count). The number of rotatable bonds is 4. The summed E-state index contributed by atoms with van der Waals surface area (Å²) in [6.07, 6.45) is 4.18. The molecule has 3 aromatic rings. The Morgan fingerprint density at radius 1 is 0.966 bits per heavy atom. The third-order valence-corrected chi connectivity index (χ3v) is 5.56. The van der Waals surface area contributed by atoms with Crippen LogP contribution in [0.5, 0.6) is 0 Å². The Balaban J connectivity index is 1.67. The van der Waals surface area contributed by atoms with Gasteiger partial charge in [0.2, 0.25) is 0 Å². The van der Waals surface area contributed by atoms with Crippen molar-refractivity contribution in [3.63, 3.8) is 0 Å². The summed E-state index contributed by atoms with van der Waals surface area (Å²) in [6, 6.07) is 14.9. The van der Waals surface area contributed by atoms with E-state index in [1.807, 2.05) is 36.4 Å². The number of aromatic nitrogens is 2. The van der Waals surface area contributed by atoms with Gasteiger partial charge in [0.05, 0.1) is 18.4 Å². The first-order valence-corrected chi connectivity index (χ1v) is 9.61. The fourth-order valence-corrected chi connectivity index (χ4v) is 4.06. The zero-order chi connectivity index (χ0) is 20.4. The van der Waals surface area contributed by atoms with Crippen LogP contribution >= 0.6 is 11.6 Å². The highest BCUT2D eigenvalue weighted by atomic mass is 35.5. The molecule has 1 N–H and O–H groups in total. The third kappa shape index (κ3) is 3.71. The fraction of sp³-hybridized carbons (Fsp3) is 0.182. The SMILES string of the molecule is O=C(O)[C@@H]1CC[C@H](c2ccccc2Cl)N1C(=O)c1ccc(-c2ccnnc2)cc1. The van der Waals surface area contributed by atoms with Crippen LogP contribution in [0.2, 0.25) is 5.02 Å². The van der Waals surface area contributed by atoms with Crippen LogP contribution in [0.15, 0.2) is 67.0 Å². The van der Waals surface area contributed by atoms with Crippen molar-refractivity contribution in [3.8, 4) is 11.1 Å². The van der Waals surface area contributed by atoms with Gasteiger partial charge in [-0.3, -0.25) is 4.79 Å². The van der Waals surface area contributed by atoms with Gasteiger partial charge in [-0.2, -0.15) is 10.2 Å². The van der Waals surface area contributed by atoms with Crippen LogP contribution in [0.4, 0.5) is 0 Å². The molecule has 0 bridgehead atoms. The summed E-state index contributed by atoms with van der Waals surface area (Å²) in [7, 11) is 0. The van der Waals surface area contributed by atoms with Crippen molar-refractivity contribution in [3.05, 3.63) is 83.1 Å². The summed E-state index contributed by atoms with van der Waals surface area (Å²) in [5, 5.41) is 17.8. The van der Waals surface area contributed by atoms with Gasteiger partial charge in [-0.1, -0.05) is 41.9 Å². The molecule has 1 fully saturated rings. The maximum Gasteiger partial charge on any atom is 0.326 e. The van der Waals surface area contributed by atoms with Crippen molar-refractivity contribution in [1.29, 1.82) is 0 Å². The zero-order valence-corrected chi connectivity index (χ0v) is 16.2. The van der Waals surface area contributed by atoms with E-state index in [0.29, 0.717) is 23.4 Å². The predicted octanol–water partition coefficient (Wildman–Crippen LogP) is 4.23. The first-order valence-electron chi connectivity index (χ1n) is 9.23. The number of hydrogen-bond acceptors (Lipinski definition) is 4. The topological polar surface area (TPSA) is 83.4 Å². The van der Waals surface area contributed by atoms with E-state index in [9.17, 15) is 14.7 Å². The average Bonchev–Trinajstić information content (AvgIpc) is 3.19. The van der Waals surface area contributed by atoms with Gasteiger partial charge in [-0.25, -0.2) is 4.79 Å². The molecule has 1 aromatic heterocycles. The van der Waals surface area contributed by atoms with Gasteiger partial charge in [-0.15, -0.1) is 0 Å². The molecule has 29 heavy (non-hydrogen) atoms. The highest BCUT2D eigenvalue weighted by molar-refractivity contribution is 6.31. The standard InChI is InChI=1S/C22H18ClN3O3/c23-18-4-2-1-3-17(18)19-9-10-20(22(28)29)26(19)21(27)15-7-5-14(6-8-15)16-11-12-24-25-13-16/h1-8,11-13,19-20H,9-10H2,(H,28,29)/t19-,20+/m1/s1. The van der Waals surface area contributed by atoms with Crippen molar-refractivity contribution in [1.82, 2.24) is 15.1 Å². The Bertz CT molecular complexity index is 1040. The maximum atomic E-state index is 13.3. The van der Waals surface area contributed by atoms with Gasteiger partial charge in [0.25, 0.3) is 5.91 Å². The van der Waals surface area contributed by atoms with Crippen LogP contribution < -0.4 is 0 Å². The molecule has 1 aliphatic rings. The molecule has 1 amide bonds. The second kappa shape index (κ2) is 8.01. The summed E-state index contributed by atoms with van der Waals surface area (Å²) in [5.41, 5.74) is 2.99. The van der Waals surface area contributed by atoms with E-state index in [-0.39, 0.29) is 11.9 Å². The first-order chi connectivity index (χ1) is 14.1. The molecule has 146 valence electrons. The number of carboxylic acids is 1. The molecule has 0 spiro atoms. The smallest absolute Gasteiger partial charge is 0.326 e. The lowest BCUT2D eigenvalue weighted by molar-refractivity contribution is -0.141. The van der Waals surface area contributed by atoms with Crippen LogP contribution in [0.1, 0.15) is 34.8 Å². The van der Waals surface area contributed by atoms with Gasteiger partial charge in [0.15, 0.2) is 0 Å². The Morgan fingerprint density at radius 3 is 2.38 bits per heavy atom. The number of nitrogens with zero attached hydrogens (tertiary/aromatic N) is 3. The van der Waals surface area contributed by atoms with E-state index in [4.69, 9.17) is 11.6 Å². The number of carbonyl (C=O) groups is 2. The quantitative estimate of drug-likeness (QED) is 0.699. The Labute approximate surface area is 172 Å². The molecule has 2 heterocycles. The zero-order valence-electron chi connectivity index (χ0n) is 15.4. The number of carboxylic acid groups (broad SMARTS) is 1. The number of carbonyl (C=O) groups excluding carboxylic acids is 1. The highest BCUT2D eigenvalue weighted by Gasteiger charge is 2.42. The van der Waals surface area contributed by atoms with Crippen LogP contribution in [-0.4, -0.2) is 38.1 Å². The number of amides is 1. The monoisotopic (exact) mass is 407 g/mol. The normalized spacial score (nSPS) is 18.6. The minimum absolute atomic E-state index is 0.320. The largest absolute Gasteiger partial charge is 0.480 e. The molecule has 2 atom stereocenters. The molecule has 1 aliphatic heterocycles. The second-order valence-corrected chi connectivity index (χ2v) is 7.30. The molecule has 0 aliphatic carbocycles. The van der Waals surface area contributed by atoms with Crippen LogP contribution in [-0.2, 0) is 4.79 Å². The van der Waals surface area contributed by atoms with Crippen molar-refractivity contribution in [2.75, 3.05) is 0 Å². The van der Waals surface area contributed by atoms with Gasteiger partial charge in [0.1, 0.15) is 6.04 Å². The molecule has 7 heteroatoms. The molecule has 2 aromatic carbocycles. The number of aliphatic carboxylic acids is 1. The number of likely N-dealkylation sites (tertiary alicyclic amines) is 1. The molecular formula is C22H18ClN3O3. The van der Waals surface area contributed by atoms with Crippen molar-refractivity contribution in [2.45, 2.75) is 24.9 Å². The average molecular weight is 408 g/mol. The maximum absolute atomic E-state index is 13.3. The lowest BCUT2D eigenvalue weighted by atomic mass is 10.0. The minimum Gasteiger partial charge on any atom is -0.480 e. The highest BCUT2D eigenvalue weighted by Crippen LogP contribution is 2.40. The van der Waals surface area contributed by atoms with Crippen molar-refractivity contribution in [2.24, 2.45) is 0 Å². The molecular weight excluding hydrogens is 390 g/mol. The Morgan fingerprint density at radius 2 is 1.72 bits per heavy atom. The van der Waals surface area contributed by atoms with Gasteiger partial charge < -0.3 is 10.0 Å². The molecule has 0 unspecified atom stereocenters. The van der Waals surface area contributed by atoms with Crippen molar-refractivity contribution >= 4 is 23.5 Å². The predicted molar refractivity (Wildman–Crippen MR) is 108 cm³/mol. The van der Waals surface area contributed by atoms with E-state index in [0.717, 1.165) is 16.7 Å². The molecule has 1 saturated heterocycles. The molecule has 0 saturated carbocycles. The number of benzene rings is 2. The summed E-state index contributed by atoms with van der Waals surface area (Å²) in [4.78, 5) is 26.6. The Hall–Kier alpha value is -3.25. The van der Waals surface area contributed by atoms with E-state index in [1.165, 1.54) is 4.90 Å². The van der Waals surface area contributed by atoms with Gasteiger partial charge >= 0.3 is 5.97 Å². The van der Waals surface area contributed by atoms with Crippen LogP contribution in [0.25, 0.3) is 11.1 Å². The third-order valence-electron chi connectivity index (χ3n) is 5.22. The lowest BCUT2D eigenvalue weighted by Gasteiger charge is -2.29. The van der Waals surface area contributed by atoms with E-state index in [2.05, 4.69) is 10.2 Å². The Kier molecular flexibility index (Phi) is 5.27. The summed E-state index contributed by atoms with van der Waals surface area (Å²) >= 11 is 6.34. The summed E-state index contributed by atoms with van der Waals surface area (Å²) in [6.45, 7) is 0. The summed E-state index contributed by atoms with van der Waals surface area (Å²) in [5.74, 6) is -1.33. The summed E-state index contributed by atoms with van der Waals surface area (Å²) < 4.78 is 0. The number of halogens is 1. The van der Waals surface area contributed by atoms with E-state index in [1.54, 1.807) is 30.6 Å². The fourth-order valence-electron chi connectivity index (χ4n) is 3.80. The molecule has 6 nitrogen and oxygen atoms in total. The van der Waals surface area contributed by atoms with E-state index >= 15 is 0 Å². The first kappa shape index (κ1) is 19.1. The van der Waals surface area contributed by atoms with Gasteiger partial charge in [0, 0.05) is 16.1 Å². The minimum atomic E-state index is -1.01. The van der Waals surface area contributed by atoms with Crippen molar-refractivity contribution < 1.29 is 14.7 Å². The number of hydrogen-bond donors (Lipinski definition) is 1. The second-order valence-electron chi connectivity index (χ2n) is 6.89. The van der Waals surface area contributed by atoms with Crippen LogP contribution in [0, 0.1) is 0 Å². The lowest BCUT2D eigenvalue weighted by Crippen LogP contribution is -2.41. The van der Waals surface area contributed by atoms with E-state index < -0.39 is 12.0 Å². The molecule has 0 radical (unpaired) electrons. The van der Waals surface area contributed by atoms with Crippen LogP contribution in [0.3, 0.4) is 0 Å². The van der Waals surface area contributed by atoms with Gasteiger partial charge in [-0.05, 0) is 48.2 Å².